The molecule has 1 aliphatic heterocycles. The average Bonchev–Trinajstić information content (AvgIpc) is 2.37. The standard InChI is InChI=1S/C14H19NO4/c1-8(2)19-14(16)10-5-4-9-11(17-3)6-7-18-13(9)12(10)15/h4-5,8,11H,6-7,15H2,1-3H3. The lowest BCUT2D eigenvalue weighted by molar-refractivity contribution is 0.0376. The number of hydrogen-bond acceptors (Lipinski definition) is 5. The molecule has 0 saturated carbocycles. The third kappa shape index (κ3) is 2.66. The third-order valence-corrected chi connectivity index (χ3v) is 3.05. The first kappa shape index (κ1) is 13.7. The molecule has 0 aliphatic carbocycles. The summed E-state index contributed by atoms with van der Waals surface area (Å²) in [6, 6.07) is 3.48. The lowest BCUT2D eigenvalue weighted by Gasteiger charge is -2.26. The summed E-state index contributed by atoms with van der Waals surface area (Å²) in [5.41, 5.74) is 7.56. The SMILES string of the molecule is COC1CCOc2c1ccc(C(=O)OC(C)C)c2N. The highest BCUT2D eigenvalue weighted by Crippen LogP contribution is 2.40. The van der Waals surface area contributed by atoms with Gasteiger partial charge in [-0.05, 0) is 19.9 Å². The summed E-state index contributed by atoms with van der Waals surface area (Å²) < 4.78 is 16.1. The Morgan fingerprint density at radius 3 is 2.84 bits per heavy atom. The lowest BCUT2D eigenvalue weighted by Crippen LogP contribution is -2.19. The topological polar surface area (TPSA) is 70.8 Å². The molecule has 5 nitrogen and oxygen atoms in total. The van der Waals surface area contributed by atoms with Gasteiger partial charge < -0.3 is 19.9 Å². The highest BCUT2D eigenvalue weighted by Gasteiger charge is 2.26. The zero-order chi connectivity index (χ0) is 14.0. The van der Waals surface area contributed by atoms with Crippen LogP contribution in [0.5, 0.6) is 5.75 Å². The van der Waals surface area contributed by atoms with Crippen LogP contribution >= 0.6 is 0 Å². The molecule has 5 heteroatoms. The summed E-state index contributed by atoms with van der Waals surface area (Å²) in [6.07, 6.45) is 0.551. The van der Waals surface area contributed by atoms with Gasteiger partial charge in [0.2, 0.25) is 0 Å². The Morgan fingerprint density at radius 2 is 2.21 bits per heavy atom. The van der Waals surface area contributed by atoms with Crippen molar-refractivity contribution in [3.63, 3.8) is 0 Å². The van der Waals surface area contributed by atoms with Crippen LogP contribution in [0, 0.1) is 0 Å². The van der Waals surface area contributed by atoms with Crippen LogP contribution in [-0.4, -0.2) is 25.8 Å². The molecule has 1 aliphatic rings. The molecule has 104 valence electrons. The number of carbonyl (C=O) groups excluding carboxylic acids is 1. The number of methoxy groups -OCH3 is 1. The minimum absolute atomic E-state index is 0.0405. The van der Waals surface area contributed by atoms with Crippen molar-refractivity contribution in [1.82, 2.24) is 0 Å². The molecule has 1 aromatic rings. The van der Waals surface area contributed by atoms with Gasteiger partial charge in [0, 0.05) is 19.1 Å². The number of rotatable bonds is 3. The minimum atomic E-state index is -0.432. The van der Waals surface area contributed by atoms with Gasteiger partial charge in [-0.25, -0.2) is 4.79 Å². The van der Waals surface area contributed by atoms with E-state index >= 15 is 0 Å². The molecule has 1 heterocycles. The second kappa shape index (κ2) is 5.48. The molecule has 0 aromatic heterocycles. The molecule has 0 fully saturated rings. The first-order valence-corrected chi connectivity index (χ1v) is 6.33. The van der Waals surface area contributed by atoms with Gasteiger partial charge in [0.05, 0.1) is 30.1 Å². The van der Waals surface area contributed by atoms with E-state index in [0.29, 0.717) is 23.6 Å². The first-order chi connectivity index (χ1) is 9.04. The number of nitrogen functional groups attached to an aromatic ring is 1. The predicted octanol–water partition coefficient (Wildman–Crippen LogP) is 2.30. The summed E-state index contributed by atoms with van der Waals surface area (Å²) in [5.74, 6) is 0.106. The smallest absolute Gasteiger partial charge is 0.340 e. The molecule has 0 amide bonds. The van der Waals surface area contributed by atoms with Crippen molar-refractivity contribution in [1.29, 1.82) is 0 Å². The number of esters is 1. The molecule has 0 bridgehead atoms. The van der Waals surface area contributed by atoms with Gasteiger partial charge in [-0.1, -0.05) is 6.07 Å². The number of anilines is 1. The molecule has 0 saturated heterocycles. The maximum Gasteiger partial charge on any atom is 0.340 e. The van der Waals surface area contributed by atoms with Crippen molar-refractivity contribution in [2.75, 3.05) is 19.5 Å². The van der Waals surface area contributed by atoms with Crippen molar-refractivity contribution in [2.24, 2.45) is 0 Å². The summed E-state index contributed by atoms with van der Waals surface area (Å²) in [6.45, 7) is 4.12. The molecular weight excluding hydrogens is 246 g/mol. The second-order valence-corrected chi connectivity index (χ2v) is 4.76. The van der Waals surface area contributed by atoms with Crippen LogP contribution in [0.1, 0.15) is 42.3 Å². The lowest BCUT2D eigenvalue weighted by atomic mass is 9.99. The van der Waals surface area contributed by atoms with Gasteiger partial charge in [-0.3, -0.25) is 0 Å². The van der Waals surface area contributed by atoms with Crippen LogP contribution in [-0.2, 0) is 9.47 Å². The number of carbonyl (C=O) groups is 1. The van der Waals surface area contributed by atoms with E-state index in [1.54, 1.807) is 27.0 Å². The van der Waals surface area contributed by atoms with Crippen LogP contribution in [0.4, 0.5) is 5.69 Å². The Morgan fingerprint density at radius 1 is 1.47 bits per heavy atom. The van der Waals surface area contributed by atoms with Crippen LogP contribution in [0.3, 0.4) is 0 Å². The number of ether oxygens (including phenoxy) is 3. The fraction of sp³-hybridized carbons (Fsp3) is 0.500. The number of benzene rings is 1. The van der Waals surface area contributed by atoms with Crippen molar-refractivity contribution in [3.05, 3.63) is 23.3 Å². The molecule has 1 aromatic carbocycles. The van der Waals surface area contributed by atoms with E-state index < -0.39 is 5.97 Å². The molecule has 2 N–H and O–H groups in total. The van der Waals surface area contributed by atoms with Gasteiger partial charge in [-0.15, -0.1) is 0 Å². The van der Waals surface area contributed by atoms with E-state index in [-0.39, 0.29) is 12.2 Å². The van der Waals surface area contributed by atoms with Crippen molar-refractivity contribution in [2.45, 2.75) is 32.5 Å². The Balaban J connectivity index is 2.37. The average molecular weight is 265 g/mol. The number of hydrogen-bond donors (Lipinski definition) is 1. The predicted molar refractivity (Wildman–Crippen MR) is 71.3 cm³/mol. The van der Waals surface area contributed by atoms with E-state index in [4.69, 9.17) is 19.9 Å². The molecule has 1 unspecified atom stereocenters. The third-order valence-electron chi connectivity index (χ3n) is 3.05. The molecular formula is C14H19NO4. The van der Waals surface area contributed by atoms with Crippen LogP contribution in [0.25, 0.3) is 0 Å². The highest BCUT2D eigenvalue weighted by molar-refractivity contribution is 5.97. The summed E-state index contributed by atoms with van der Waals surface area (Å²) in [4.78, 5) is 11.9. The monoisotopic (exact) mass is 265 g/mol. The fourth-order valence-electron chi connectivity index (χ4n) is 2.15. The Kier molecular flexibility index (Phi) is 3.95. The zero-order valence-corrected chi connectivity index (χ0v) is 11.4. The van der Waals surface area contributed by atoms with E-state index in [9.17, 15) is 4.79 Å². The van der Waals surface area contributed by atoms with E-state index in [0.717, 1.165) is 12.0 Å². The van der Waals surface area contributed by atoms with Crippen LogP contribution in [0.15, 0.2) is 12.1 Å². The quantitative estimate of drug-likeness (QED) is 0.670. The molecule has 2 rings (SSSR count). The summed E-state index contributed by atoms with van der Waals surface area (Å²) in [5, 5.41) is 0. The van der Waals surface area contributed by atoms with Gasteiger partial charge in [-0.2, -0.15) is 0 Å². The van der Waals surface area contributed by atoms with Crippen molar-refractivity contribution in [3.8, 4) is 5.75 Å². The minimum Gasteiger partial charge on any atom is -0.491 e. The van der Waals surface area contributed by atoms with Gasteiger partial charge in [0.15, 0.2) is 0 Å². The summed E-state index contributed by atoms with van der Waals surface area (Å²) >= 11 is 0. The molecule has 0 spiro atoms. The normalized spacial score (nSPS) is 17.8. The second-order valence-electron chi connectivity index (χ2n) is 4.76. The van der Waals surface area contributed by atoms with Gasteiger partial charge >= 0.3 is 5.97 Å². The molecule has 19 heavy (non-hydrogen) atoms. The van der Waals surface area contributed by atoms with E-state index in [1.807, 2.05) is 6.07 Å². The highest BCUT2D eigenvalue weighted by atomic mass is 16.5. The van der Waals surface area contributed by atoms with Crippen LogP contribution < -0.4 is 10.5 Å². The first-order valence-electron chi connectivity index (χ1n) is 6.33. The zero-order valence-electron chi connectivity index (χ0n) is 11.4. The maximum atomic E-state index is 11.9. The Bertz CT molecular complexity index is 485. The fourth-order valence-corrected chi connectivity index (χ4v) is 2.15. The number of nitrogens with two attached hydrogens (primary N) is 1. The van der Waals surface area contributed by atoms with Gasteiger partial charge in [0.1, 0.15) is 5.75 Å². The number of fused-ring (bicyclic) bond motifs is 1. The van der Waals surface area contributed by atoms with E-state index in [2.05, 4.69) is 0 Å². The molecule has 1 atom stereocenters. The molecule has 0 radical (unpaired) electrons. The summed E-state index contributed by atoms with van der Waals surface area (Å²) in [7, 11) is 1.65. The van der Waals surface area contributed by atoms with Gasteiger partial charge in [0.25, 0.3) is 0 Å². The van der Waals surface area contributed by atoms with Crippen molar-refractivity contribution >= 4 is 11.7 Å². The van der Waals surface area contributed by atoms with Crippen LogP contribution in [0.2, 0.25) is 0 Å². The van der Waals surface area contributed by atoms with E-state index in [1.165, 1.54) is 0 Å². The maximum absolute atomic E-state index is 11.9. The Hall–Kier alpha value is -1.75. The van der Waals surface area contributed by atoms with Crippen molar-refractivity contribution < 1.29 is 19.0 Å². The Labute approximate surface area is 112 Å². The largest absolute Gasteiger partial charge is 0.491 e.